The van der Waals surface area contributed by atoms with Crippen molar-refractivity contribution in [2.75, 3.05) is 33.4 Å². The molecule has 1 rings (SSSR count). The van der Waals surface area contributed by atoms with Crippen molar-refractivity contribution in [3.63, 3.8) is 0 Å². The smallest absolute Gasteiger partial charge is 0.0975 e. The summed E-state index contributed by atoms with van der Waals surface area (Å²) in [5.41, 5.74) is 0. The molecule has 0 bridgehead atoms. The summed E-state index contributed by atoms with van der Waals surface area (Å²) in [5, 5.41) is 0. The lowest BCUT2D eigenvalue weighted by atomic mass is 10.1. The van der Waals surface area contributed by atoms with Crippen molar-refractivity contribution >= 4 is 0 Å². The Morgan fingerprint density at radius 2 is 0.971 bits per heavy atom. The van der Waals surface area contributed by atoms with Gasteiger partial charge in [0.2, 0.25) is 0 Å². The van der Waals surface area contributed by atoms with Crippen molar-refractivity contribution in [1.29, 1.82) is 0 Å². The number of unbranched alkanes of at least 4 members (excludes halogenated alkanes) is 14. The Labute approximate surface area is 213 Å². The van der Waals surface area contributed by atoms with E-state index in [1.165, 1.54) is 109 Å². The molecule has 0 saturated carbocycles. The molecule has 3 heteroatoms. The Hall–Kier alpha value is -0.640. The molecule has 0 unspecified atom stereocenters. The zero-order chi connectivity index (χ0) is 24.5. The third-order valence-electron chi connectivity index (χ3n) is 6.90. The van der Waals surface area contributed by atoms with E-state index in [2.05, 4.69) is 50.1 Å². The largest absolute Gasteiger partial charge is 0.374 e. The van der Waals surface area contributed by atoms with Gasteiger partial charge in [0.25, 0.3) is 0 Å². The van der Waals surface area contributed by atoms with E-state index in [1.807, 2.05) is 0 Å². The first kappa shape index (κ1) is 31.4. The van der Waals surface area contributed by atoms with E-state index in [0.29, 0.717) is 0 Å². The number of likely N-dealkylation sites (N-methyl/N-ethyl adjacent to an activating group) is 1. The van der Waals surface area contributed by atoms with Gasteiger partial charge in [-0.2, -0.15) is 0 Å². The summed E-state index contributed by atoms with van der Waals surface area (Å²) >= 11 is 0. The number of hydrogen-bond acceptors (Lipinski definition) is 3. The molecule has 0 aromatic carbocycles. The quantitative estimate of drug-likeness (QED) is 0.102. The maximum atomic E-state index is 6.23. The molecule has 0 aromatic heterocycles. The fraction of sp³-hybridized carbons (Fsp3) is 0.871. The van der Waals surface area contributed by atoms with Crippen molar-refractivity contribution in [3.05, 3.63) is 24.3 Å². The molecule has 0 radical (unpaired) electrons. The lowest BCUT2D eigenvalue weighted by Crippen LogP contribution is -2.30. The highest BCUT2D eigenvalue weighted by molar-refractivity contribution is 4.92. The van der Waals surface area contributed by atoms with Crippen molar-refractivity contribution < 1.29 is 9.47 Å². The second-order valence-electron chi connectivity index (χ2n) is 10.4. The summed E-state index contributed by atoms with van der Waals surface area (Å²) in [4.78, 5) is 2.36. The molecular formula is C31H59NO2. The predicted molar refractivity (Wildman–Crippen MR) is 150 cm³/mol. The van der Waals surface area contributed by atoms with Gasteiger partial charge in [0.15, 0.2) is 0 Å². The predicted octanol–water partition coefficient (Wildman–Crippen LogP) is 8.88. The minimum absolute atomic E-state index is 0.267. The van der Waals surface area contributed by atoms with E-state index in [0.717, 1.165) is 32.7 Å². The Morgan fingerprint density at radius 3 is 1.50 bits per heavy atom. The van der Waals surface area contributed by atoms with Gasteiger partial charge in [-0.15, -0.1) is 0 Å². The lowest BCUT2D eigenvalue weighted by Gasteiger charge is -2.20. The van der Waals surface area contributed by atoms with Crippen molar-refractivity contribution in [2.24, 2.45) is 0 Å². The summed E-state index contributed by atoms with van der Waals surface area (Å²) in [6, 6.07) is 0. The van der Waals surface area contributed by atoms with Crippen LogP contribution in [0.25, 0.3) is 0 Å². The third-order valence-corrected chi connectivity index (χ3v) is 6.90. The molecule has 200 valence electrons. The van der Waals surface area contributed by atoms with Crippen LogP contribution in [-0.2, 0) is 9.47 Å². The van der Waals surface area contributed by atoms with E-state index >= 15 is 0 Å². The second-order valence-corrected chi connectivity index (χ2v) is 10.4. The van der Waals surface area contributed by atoms with Crippen LogP contribution in [0.3, 0.4) is 0 Å². The van der Waals surface area contributed by atoms with Gasteiger partial charge < -0.3 is 14.4 Å². The Morgan fingerprint density at radius 1 is 0.559 bits per heavy atom. The molecule has 0 spiro atoms. The molecular weight excluding hydrogens is 418 g/mol. The Kier molecular flexibility index (Phi) is 22.2. The van der Waals surface area contributed by atoms with Gasteiger partial charge >= 0.3 is 0 Å². The summed E-state index contributed by atoms with van der Waals surface area (Å²) in [7, 11) is 2.19. The number of ether oxygens (including phenoxy) is 2. The molecule has 1 saturated heterocycles. The molecule has 1 aliphatic heterocycles. The molecule has 3 nitrogen and oxygen atoms in total. The van der Waals surface area contributed by atoms with Crippen LogP contribution >= 0.6 is 0 Å². The standard InChI is InChI=1S/C31H59NO2/c1-4-6-8-10-12-13-14-15-16-17-18-19-20-21-23-25-27-34-31-29-32(3)28-30(31)33-26-24-22-11-9-7-5-2/h12-13,15-16,30-31H,4-11,14,17-29H2,1-3H3/t30-,31+/m0/s1. The van der Waals surface area contributed by atoms with Crippen LogP contribution in [0.4, 0.5) is 0 Å². The molecule has 0 aliphatic carbocycles. The Balaban J connectivity index is 1.91. The van der Waals surface area contributed by atoms with Gasteiger partial charge in [0, 0.05) is 26.3 Å². The highest BCUT2D eigenvalue weighted by Crippen LogP contribution is 2.17. The first-order chi connectivity index (χ1) is 16.8. The number of nitrogens with zero attached hydrogens (tertiary/aromatic N) is 1. The minimum Gasteiger partial charge on any atom is -0.374 e. The number of allylic oxidation sites excluding steroid dienone is 4. The van der Waals surface area contributed by atoms with Crippen LogP contribution in [0.1, 0.15) is 129 Å². The van der Waals surface area contributed by atoms with Crippen LogP contribution in [-0.4, -0.2) is 50.5 Å². The maximum Gasteiger partial charge on any atom is 0.0975 e. The second kappa shape index (κ2) is 24.1. The zero-order valence-electron chi connectivity index (χ0n) is 23.3. The molecule has 2 atom stereocenters. The van der Waals surface area contributed by atoms with Crippen molar-refractivity contribution in [1.82, 2.24) is 4.90 Å². The molecule has 0 N–H and O–H groups in total. The molecule has 34 heavy (non-hydrogen) atoms. The maximum absolute atomic E-state index is 6.23. The molecule has 1 heterocycles. The summed E-state index contributed by atoms with van der Waals surface area (Å²) in [5.74, 6) is 0. The van der Waals surface area contributed by atoms with E-state index in [1.54, 1.807) is 0 Å². The van der Waals surface area contributed by atoms with Crippen LogP contribution in [0, 0.1) is 0 Å². The minimum atomic E-state index is 0.267. The summed E-state index contributed by atoms with van der Waals surface area (Å²) in [6.07, 6.45) is 33.3. The van der Waals surface area contributed by atoms with Gasteiger partial charge in [0.05, 0.1) is 12.2 Å². The summed E-state index contributed by atoms with van der Waals surface area (Å²) < 4.78 is 12.4. The first-order valence-corrected chi connectivity index (χ1v) is 15.0. The van der Waals surface area contributed by atoms with E-state index in [-0.39, 0.29) is 12.2 Å². The third kappa shape index (κ3) is 18.7. The molecule has 0 amide bonds. The fourth-order valence-electron chi connectivity index (χ4n) is 4.69. The van der Waals surface area contributed by atoms with Gasteiger partial charge in [-0.1, -0.05) is 109 Å². The average Bonchev–Trinajstić information content (AvgIpc) is 3.19. The van der Waals surface area contributed by atoms with Crippen molar-refractivity contribution in [2.45, 2.75) is 142 Å². The topological polar surface area (TPSA) is 21.7 Å². The van der Waals surface area contributed by atoms with Crippen LogP contribution in [0.5, 0.6) is 0 Å². The first-order valence-electron chi connectivity index (χ1n) is 15.0. The van der Waals surface area contributed by atoms with Gasteiger partial charge in [-0.25, -0.2) is 0 Å². The molecule has 1 fully saturated rings. The number of likely N-dealkylation sites (tertiary alicyclic amines) is 1. The van der Waals surface area contributed by atoms with Crippen LogP contribution in [0.2, 0.25) is 0 Å². The zero-order valence-corrected chi connectivity index (χ0v) is 23.3. The van der Waals surface area contributed by atoms with E-state index < -0.39 is 0 Å². The van der Waals surface area contributed by atoms with Crippen LogP contribution < -0.4 is 0 Å². The van der Waals surface area contributed by atoms with Gasteiger partial charge in [-0.05, 0) is 52.0 Å². The van der Waals surface area contributed by atoms with E-state index in [4.69, 9.17) is 9.47 Å². The highest BCUT2D eigenvalue weighted by atomic mass is 16.5. The monoisotopic (exact) mass is 477 g/mol. The lowest BCUT2D eigenvalue weighted by molar-refractivity contribution is -0.0481. The van der Waals surface area contributed by atoms with Crippen LogP contribution in [0.15, 0.2) is 24.3 Å². The highest BCUT2D eigenvalue weighted by Gasteiger charge is 2.32. The normalized spacial score (nSPS) is 19.3. The fourth-order valence-corrected chi connectivity index (χ4v) is 4.69. The van der Waals surface area contributed by atoms with Gasteiger partial charge in [-0.3, -0.25) is 0 Å². The van der Waals surface area contributed by atoms with Crippen molar-refractivity contribution in [3.8, 4) is 0 Å². The average molecular weight is 478 g/mol. The molecule has 1 aliphatic rings. The summed E-state index contributed by atoms with van der Waals surface area (Å²) in [6.45, 7) is 8.36. The van der Waals surface area contributed by atoms with Gasteiger partial charge in [0.1, 0.15) is 0 Å². The number of rotatable bonds is 24. The number of hydrogen-bond donors (Lipinski definition) is 0. The molecule has 0 aromatic rings. The SMILES string of the molecule is CCCCCC=CCC=CCCCCCCCCO[C@@H]1CN(C)C[C@@H]1OCCCCCCCC. The van der Waals surface area contributed by atoms with E-state index in [9.17, 15) is 0 Å². The Bertz CT molecular complexity index is 476.